The molecule has 0 aromatic heterocycles. The molecule has 2 unspecified atom stereocenters. The number of benzene rings is 1. The van der Waals surface area contributed by atoms with E-state index in [1.54, 1.807) is 12.1 Å². The lowest BCUT2D eigenvalue weighted by molar-refractivity contribution is 0.0915. The molecule has 23 heavy (non-hydrogen) atoms. The highest BCUT2D eigenvalue weighted by Crippen LogP contribution is 2.22. The van der Waals surface area contributed by atoms with Gasteiger partial charge in [-0.2, -0.15) is 0 Å². The van der Waals surface area contributed by atoms with E-state index in [2.05, 4.69) is 22.3 Å². The number of carbonyl (C=O) groups is 1. The highest BCUT2D eigenvalue weighted by atomic mass is 32.2. The van der Waals surface area contributed by atoms with E-state index in [1.807, 2.05) is 0 Å². The van der Waals surface area contributed by atoms with Gasteiger partial charge in [-0.05, 0) is 49.9 Å². The molecule has 1 saturated heterocycles. The van der Waals surface area contributed by atoms with Crippen LogP contribution in [0.1, 0.15) is 36.5 Å². The van der Waals surface area contributed by atoms with Gasteiger partial charge in [0, 0.05) is 24.2 Å². The first-order valence-corrected chi connectivity index (χ1v) is 9.58. The number of piperidine rings is 1. The van der Waals surface area contributed by atoms with Gasteiger partial charge in [0.15, 0.2) is 0 Å². The summed E-state index contributed by atoms with van der Waals surface area (Å²) in [6.45, 7) is 3.83. The summed E-state index contributed by atoms with van der Waals surface area (Å²) < 4.78 is 27.1. The van der Waals surface area contributed by atoms with Crippen molar-refractivity contribution < 1.29 is 13.2 Å². The number of amides is 1. The third-order valence-corrected chi connectivity index (χ3v) is 5.97. The van der Waals surface area contributed by atoms with Crippen LogP contribution in [0.3, 0.4) is 0 Å². The van der Waals surface area contributed by atoms with Gasteiger partial charge in [-0.1, -0.05) is 13.0 Å². The summed E-state index contributed by atoms with van der Waals surface area (Å²) in [6.07, 6.45) is 2.78. The van der Waals surface area contributed by atoms with E-state index in [4.69, 9.17) is 0 Å². The van der Waals surface area contributed by atoms with Gasteiger partial charge in [-0.3, -0.25) is 4.79 Å². The maximum absolute atomic E-state index is 12.4. The average molecular weight is 337 g/mol. The third kappa shape index (κ3) is 4.10. The van der Waals surface area contributed by atoms with Gasteiger partial charge >= 0.3 is 0 Å². The Labute approximate surface area is 137 Å². The van der Waals surface area contributed by atoms with Gasteiger partial charge < -0.3 is 10.6 Å². The van der Waals surface area contributed by atoms with Crippen LogP contribution in [-0.4, -0.2) is 39.5 Å². The molecule has 2 fully saturated rings. The fourth-order valence-electron chi connectivity index (χ4n) is 2.73. The number of rotatable bonds is 5. The molecule has 1 saturated carbocycles. The van der Waals surface area contributed by atoms with Gasteiger partial charge in [0.2, 0.25) is 10.0 Å². The second-order valence-electron chi connectivity index (χ2n) is 6.47. The lowest BCUT2D eigenvalue weighted by atomic mass is 9.94. The molecule has 0 bridgehead atoms. The minimum absolute atomic E-state index is 0.0478. The molecule has 0 spiro atoms. The molecule has 1 aromatic rings. The standard InChI is InChI=1S/C16H23N3O3S/c1-11-7-8-17-10-15(11)18-16(20)12-3-2-4-14(9-12)23(21,22)19-13-5-6-13/h2-4,9,11,13,15,17,19H,5-8,10H2,1H3,(H,18,20). The third-order valence-electron chi connectivity index (χ3n) is 4.45. The molecular formula is C16H23N3O3S. The number of hydrogen-bond acceptors (Lipinski definition) is 4. The van der Waals surface area contributed by atoms with Crippen LogP contribution in [0.25, 0.3) is 0 Å². The highest BCUT2D eigenvalue weighted by Gasteiger charge is 2.28. The fraction of sp³-hybridized carbons (Fsp3) is 0.562. The van der Waals surface area contributed by atoms with Gasteiger partial charge in [0.25, 0.3) is 5.91 Å². The van der Waals surface area contributed by atoms with E-state index >= 15 is 0 Å². The van der Waals surface area contributed by atoms with Crippen LogP contribution in [0.4, 0.5) is 0 Å². The first-order chi connectivity index (χ1) is 11.0. The first kappa shape index (κ1) is 16.4. The zero-order valence-corrected chi connectivity index (χ0v) is 14.0. The zero-order chi connectivity index (χ0) is 16.4. The van der Waals surface area contributed by atoms with Crippen LogP contribution in [0.15, 0.2) is 29.2 Å². The predicted octanol–water partition coefficient (Wildman–Crippen LogP) is 0.855. The van der Waals surface area contributed by atoms with Crippen LogP contribution in [-0.2, 0) is 10.0 Å². The van der Waals surface area contributed by atoms with Crippen molar-refractivity contribution in [3.05, 3.63) is 29.8 Å². The number of hydrogen-bond donors (Lipinski definition) is 3. The Hall–Kier alpha value is -1.44. The van der Waals surface area contributed by atoms with Crippen molar-refractivity contribution in [2.24, 2.45) is 5.92 Å². The molecule has 3 N–H and O–H groups in total. The molecule has 2 aliphatic rings. The largest absolute Gasteiger partial charge is 0.348 e. The maximum Gasteiger partial charge on any atom is 0.251 e. The highest BCUT2D eigenvalue weighted by molar-refractivity contribution is 7.89. The van der Waals surface area contributed by atoms with Crippen molar-refractivity contribution in [3.8, 4) is 0 Å². The lowest BCUT2D eigenvalue weighted by Gasteiger charge is -2.30. The van der Waals surface area contributed by atoms with Crippen LogP contribution >= 0.6 is 0 Å². The molecule has 2 atom stereocenters. The number of sulfonamides is 1. The van der Waals surface area contributed by atoms with Gasteiger partial charge in [0.1, 0.15) is 0 Å². The smallest absolute Gasteiger partial charge is 0.251 e. The van der Waals surface area contributed by atoms with Crippen molar-refractivity contribution in [1.82, 2.24) is 15.4 Å². The minimum Gasteiger partial charge on any atom is -0.348 e. The van der Waals surface area contributed by atoms with E-state index in [0.717, 1.165) is 32.4 Å². The van der Waals surface area contributed by atoms with Crippen molar-refractivity contribution >= 4 is 15.9 Å². The molecule has 3 rings (SSSR count). The Morgan fingerprint density at radius 2 is 2.04 bits per heavy atom. The molecule has 0 radical (unpaired) electrons. The molecular weight excluding hydrogens is 314 g/mol. The van der Waals surface area contributed by atoms with Crippen molar-refractivity contribution in [2.75, 3.05) is 13.1 Å². The van der Waals surface area contributed by atoms with E-state index < -0.39 is 10.0 Å². The van der Waals surface area contributed by atoms with Gasteiger partial charge in [-0.15, -0.1) is 0 Å². The van der Waals surface area contributed by atoms with E-state index in [9.17, 15) is 13.2 Å². The molecule has 1 aromatic carbocycles. The van der Waals surface area contributed by atoms with E-state index in [0.29, 0.717) is 11.5 Å². The zero-order valence-electron chi connectivity index (χ0n) is 13.2. The molecule has 1 aliphatic carbocycles. The monoisotopic (exact) mass is 337 g/mol. The Morgan fingerprint density at radius 3 is 2.74 bits per heavy atom. The second-order valence-corrected chi connectivity index (χ2v) is 8.19. The Balaban J connectivity index is 1.72. The quantitative estimate of drug-likeness (QED) is 0.743. The topological polar surface area (TPSA) is 87.3 Å². The van der Waals surface area contributed by atoms with E-state index in [1.165, 1.54) is 12.1 Å². The van der Waals surface area contributed by atoms with Gasteiger partial charge in [0.05, 0.1) is 4.90 Å². The molecule has 1 heterocycles. The summed E-state index contributed by atoms with van der Waals surface area (Å²) in [5, 5.41) is 6.27. The van der Waals surface area contributed by atoms with Crippen LogP contribution < -0.4 is 15.4 Å². The summed E-state index contributed by atoms with van der Waals surface area (Å²) in [6, 6.07) is 6.34. The summed E-state index contributed by atoms with van der Waals surface area (Å²) in [5.74, 6) is 0.178. The SMILES string of the molecule is CC1CCNCC1NC(=O)c1cccc(S(=O)(=O)NC2CC2)c1. The molecule has 7 heteroatoms. The summed E-state index contributed by atoms with van der Waals surface area (Å²) in [5.41, 5.74) is 0.376. The molecule has 1 amide bonds. The minimum atomic E-state index is -3.54. The Kier molecular flexibility index (Phi) is 4.70. The van der Waals surface area contributed by atoms with Crippen LogP contribution in [0.5, 0.6) is 0 Å². The molecule has 126 valence electrons. The normalized spacial score (nSPS) is 25.1. The summed E-state index contributed by atoms with van der Waals surface area (Å²) in [7, 11) is -3.54. The fourth-order valence-corrected chi connectivity index (χ4v) is 4.08. The summed E-state index contributed by atoms with van der Waals surface area (Å²) in [4.78, 5) is 12.6. The van der Waals surface area contributed by atoms with Crippen LogP contribution in [0.2, 0.25) is 0 Å². The Morgan fingerprint density at radius 1 is 1.26 bits per heavy atom. The van der Waals surface area contributed by atoms with Crippen LogP contribution in [0, 0.1) is 5.92 Å². The van der Waals surface area contributed by atoms with E-state index in [-0.39, 0.29) is 22.9 Å². The lowest BCUT2D eigenvalue weighted by Crippen LogP contribution is -2.50. The van der Waals surface area contributed by atoms with Crippen molar-refractivity contribution in [3.63, 3.8) is 0 Å². The predicted molar refractivity (Wildman–Crippen MR) is 87.7 cm³/mol. The molecule has 1 aliphatic heterocycles. The number of nitrogens with one attached hydrogen (secondary N) is 3. The van der Waals surface area contributed by atoms with Crippen molar-refractivity contribution in [2.45, 2.75) is 43.2 Å². The number of carbonyl (C=O) groups excluding carboxylic acids is 1. The first-order valence-electron chi connectivity index (χ1n) is 8.10. The summed E-state index contributed by atoms with van der Waals surface area (Å²) >= 11 is 0. The Bertz CT molecular complexity index is 686. The van der Waals surface area contributed by atoms with Crippen molar-refractivity contribution in [1.29, 1.82) is 0 Å². The average Bonchev–Trinajstić information content (AvgIpc) is 3.33. The second kappa shape index (κ2) is 6.59. The maximum atomic E-state index is 12.4. The van der Waals surface area contributed by atoms with Gasteiger partial charge in [-0.25, -0.2) is 13.1 Å². The molecule has 6 nitrogen and oxygen atoms in total.